The summed E-state index contributed by atoms with van der Waals surface area (Å²) in [6.45, 7) is 4.45. The molecule has 0 spiro atoms. The van der Waals surface area contributed by atoms with Crippen molar-refractivity contribution in [2.75, 3.05) is 0 Å². The zero-order valence-corrected chi connectivity index (χ0v) is 11.4. The Morgan fingerprint density at radius 3 is 2.40 bits per heavy atom. The molecule has 0 N–H and O–H groups in total. The molecule has 2 rings (SSSR count). The van der Waals surface area contributed by atoms with Gasteiger partial charge in [0, 0.05) is 12.6 Å². The van der Waals surface area contributed by atoms with E-state index in [0.717, 1.165) is 18.6 Å². The first-order valence-electron chi connectivity index (χ1n) is 6.50. The van der Waals surface area contributed by atoms with Crippen molar-refractivity contribution >= 4 is 10.9 Å². The van der Waals surface area contributed by atoms with Gasteiger partial charge in [0.25, 0.3) is 5.56 Å². The molecule has 0 atom stereocenters. The van der Waals surface area contributed by atoms with Gasteiger partial charge in [-0.2, -0.15) is 13.2 Å². The number of rotatable bonds is 3. The second-order valence-electron chi connectivity index (χ2n) is 5.28. The number of nitrogens with zero attached hydrogens (tertiary/aromatic N) is 1. The van der Waals surface area contributed by atoms with Crippen LogP contribution in [0.2, 0.25) is 0 Å². The van der Waals surface area contributed by atoms with Crippen molar-refractivity contribution in [1.82, 2.24) is 4.57 Å². The van der Waals surface area contributed by atoms with Crippen molar-refractivity contribution in [2.24, 2.45) is 5.92 Å². The summed E-state index contributed by atoms with van der Waals surface area (Å²) in [6.07, 6.45) is -3.65. The van der Waals surface area contributed by atoms with Gasteiger partial charge in [-0.15, -0.1) is 0 Å². The summed E-state index contributed by atoms with van der Waals surface area (Å²) < 4.78 is 39.7. The molecule has 1 aromatic carbocycles. The fourth-order valence-electron chi connectivity index (χ4n) is 2.08. The van der Waals surface area contributed by atoms with Gasteiger partial charge >= 0.3 is 6.18 Å². The van der Waals surface area contributed by atoms with Gasteiger partial charge in [0.05, 0.1) is 11.1 Å². The molecule has 1 aromatic heterocycles. The summed E-state index contributed by atoms with van der Waals surface area (Å²) in [6, 6.07) is 6.46. The molecule has 0 bridgehead atoms. The number of hydrogen-bond donors (Lipinski definition) is 0. The Labute approximate surface area is 114 Å². The van der Waals surface area contributed by atoms with E-state index in [1.54, 1.807) is 6.07 Å². The third-order valence-corrected chi connectivity index (χ3v) is 3.25. The van der Waals surface area contributed by atoms with Crippen LogP contribution in [0.25, 0.3) is 10.9 Å². The summed E-state index contributed by atoms with van der Waals surface area (Å²) in [7, 11) is 0. The van der Waals surface area contributed by atoms with Crippen molar-refractivity contribution in [2.45, 2.75) is 33.0 Å². The molecule has 0 radical (unpaired) electrons. The van der Waals surface area contributed by atoms with Crippen LogP contribution in [0.4, 0.5) is 13.2 Å². The average molecular weight is 283 g/mol. The van der Waals surface area contributed by atoms with Gasteiger partial charge in [0.2, 0.25) is 0 Å². The smallest absolute Gasteiger partial charge is 0.308 e. The maximum Gasteiger partial charge on any atom is 0.416 e. The lowest BCUT2D eigenvalue weighted by Crippen LogP contribution is -2.20. The number of hydrogen-bond acceptors (Lipinski definition) is 1. The van der Waals surface area contributed by atoms with Gasteiger partial charge in [-0.25, -0.2) is 0 Å². The Bertz CT molecular complexity index is 671. The lowest BCUT2D eigenvalue weighted by Gasteiger charge is -2.13. The first kappa shape index (κ1) is 14.6. The molecule has 0 fully saturated rings. The highest BCUT2D eigenvalue weighted by atomic mass is 19.4. The van der Waals surface area contributed by atoms with Crippen molar-refractivity contribution in [3.63, 3.8) is 0 Å². The average Bonchev–Trinajstić information content (AvgIpc) is 2.35. The van der Waals surface area contributed by atoms with E-state index >= 15 is 0 Å². The monoisotopic (exact) mass is 283 g/mol. The highest BCUT2D eigenvalue weighted by molar-refractivity contribution is 5.79. The number of fused-ring (bicyclic) bond motifs is 1. The van der Waals surface area contributed by atoms with E-state index in [4.69, 9.17) is 0 Å². The molecule has 0 saturated heterocycles. The van der Waals surface area contributed by atoms with E-state index in [2.05, 4.69) is 0 Å². The maximum absolute atomic E-state index is 12.8. The van der Waals surface area contributed by atoms with Gasteiger partial charge in [0.1, 0.15) is 0 Å². The number of benzene rings is 1. The normalized spacial score (nSPS) is 12.3. The van der Waals surface area contributed by atoms with Crippen LogP contribution >= 0.6 is 0 Å². The Kier molecular flexibility index (Phi) is 3.88. The van der Waals surface area contributed by atoms with Gasteiger partial charge in [-0.3, -0.25) is 4.79 Å². The number of aromatic nitrogens is 1. The van der Waals surface area contributed by atoms with E-state index in [0.29, 0.717) is 23.4 Å². The summed E-state index contributed by atoms with van der Waals surface area (Å²) in [5.41, 5.74) is -0.653. The van der Waals surface area contributed by atoms with Crippen LogP contribution in [0.5, 0.6) is 0 Å². The first-order chi connectivity index (χ1) is 9.29. The van der Waals surface area contributed by atoms with Crippen LogP contribution in [0.1, 0.15) is 25.8 Å². The molecule has 0 unspecified atom stereocenters. The SMILES string of the molecule is CC(C)CCn1c(=O)ccc2ccc(C(F)(F)F)cc21. The Balaban J connectivity index is 2.58. The van der Waals surface area contributed by atoms with Crippen LogP contribution in [-0.2, 0) is 12.7 Å². The molecular formula is C15H16F3NO. The number of aryl methyl sites for hydroxylation is 1. The number of halogens is 3. The van der Waals surface area contributed by atoms with Crippen LogP contribution in [0.15, 0.2) is 35.1 Å². The largest absolute Gasteiger partial charge is 0.416 e. The van der Waals surface area contributed by atoms with Crippen LogP contribution in [0.3, 0.4) is 0 Å². The highest BCUT2D eigenvalue weighted by Crippen LogP contribution is 2.31. The number of pyridine rings is 1. The first-order valence-corrected chi connectivity index (χ1v) is 6.50. The molecule has 0 aliphatic heterocycles. The summed E-state index contributed by atoms with van der Waals surface area (Å²) in [5, 5.41) is 0.640. The zero-order valence-electron chi connectivity index (χ0n) is 11.4. The molecule has 1 heterocycles. The minimum absolute atomic E-state index is 0.266. The van der Waals surface area contributed by atoms with Crippen LogP contribution in [0, 0.1) is 5.92 Å². The van der Waals surface area contributed by atoms with Gasteiger partial charge < -0.3 is 4.57 Å². The fraction of sp³-hybridized carbons (Fsp3) is 0.400. The molecule has 0 saturated carbocycles. The van der Waals surface area contributed by atoms with E-state index in [1.165, 1.54) is 16.7 Å². The van der Waals surface area contributed by atoms with Crippen LogP contribution < -0.4 is 5.56 Å². The van der Waals surface area contributed by atoms with Gasteiger partial charge in [0.15, 0.2) is 0 Å². The Hall–Kier alpha value is -1.78. The minimum Gasteiger partial charge on any atom is -0.308 e. The van der Waals surface area contributed by atoms with Crippen LogP contribution in [-0.4, -0.2) is 4.57 Å². The minimum atomic E-state index is -4.40. The van der Waals surface area contributed by atoms with E-state index < -0.39 is 11.7 Å². The molecule has 2 aromatic rings. The molecular weight excluding hydrogens is 267 g/mol. The zero-order chi connectivity index (χ0) is 14.9. The van der Waals surface area contributed by atoms with Crippen molar-refractivity contribution in [3.8, 4) is 0 Å². The molecule has 108 valence electrons. The molecule has 5 heteroatoms. The lowest BCUT2D eigenvalue weighted by molar-refractivity contribution is -0.137. The van der Waals surface area contributed by atoms with Crippen molar-refractivity contribution in [3.05, 3.63) is 46.2 Å². The van der Waals surface area contributed by atoms with E-state index in [-0.39, 0.29) is 5.56 Å². The summed E-state index contributed by atoms with van der Waals surface area (Å²) in [5.74, 6) is 0.378. The fourth-order valence-corrected chi connectivity index (χ4v) is 2.08. The molecule has 0 aliphatic carbocycles. The second-order valence-corrected chi connectivity index (χ2v) is 5.28. The topological polar surface area (TPSA) is 22.0 Å². The molecule has 2 nitrogen and oxygen atoms in total. The summed E-state index contributed by atoms with van der Waals surface area (Å²) in [4.78, 5) is 11.9. The Morgan fingerprint density at radius 1 is 1.15 bits per heavy atom. The van der Waals surface area contributed by atoms with Gasteiger partial charge in [-0.05, 0) is 35.9 Å². The summed E-state index contributed by atoms with van der Waals surface area (Å²) >= 11 is 0. The molecule has 0 amide bonds. The second kappa shape index (κ2) is 5.31. The predicted octanol–water partition coefficient (Wildman–Crippen LogP) is 4.07. The molecule has 20 heavy (non-hydrogen) atoms. The third-order valence-electron chi connectivity index (χ3n) is 3.25. The third kappa shape index (κ3) is 3.03. The van der Waals surface area contributed by atoms with Gasteiger partial charge in [-0.1, -0.05) is 19.9 Å². The standard InChI is InChI=1S/C15H16F3NO/c1-10(2)7-8-19-13-9-12(15(16,17)18)5-3-11(13)4-6-14(19)20/h3-6,9-10H,7-8H2,1-2H3. The predicted molar refractivity (Wildman–Crippen MR) is 72.7 cm³/mol. The van der Waals surface area contributed by atoms with Crippen molar-refractivity contribution < 1.29 is 13.2 Å². The lowest BCUT2D eigenvalue weighted by atomic mass is 10.1. The quantitative estimate of drug-likeness (QED) is 0.832. The van der Waals surface area contributed by atoms with E-state index in [1.807, 2.05) is 13.8 Å². The maximum atomic E-state index is 12.8. The van der Waals surface area contributed by atoms with E-state index in [9.17, 15) is 18.0 Å². The highest BCUT2D eigenvalue weighted by Gasteiger charge is 2.30. The Morgan fingerprint density at radius 2 is 1.80 bits per heavy atom. The van der Waals surface area contributed by atoms with Crippen molar-refractivity contribution in [1.29, 1.82) is 0 Å². The molecule has 0 aliphatic rings. The number of alkyl halides is 3.